The number of aromatic nitrogens is 2. The molecule has 2 rings (SSSR count). The number of aryl methyl sites for hydroxylation is 1. The fraction of sp³-hybridized carbons (Fsp3) is 0.677. The standard InChI is InChI=1S/C31H50N2O/c1-4-5-6-7-8-11-14-17-24-34-30-25-32-31(33-26-30)29-22-20-28(21-23-29)19-16-13-10-9-12-15-18-27(2)3/h20-23,25-27H,4-19,24H2,1-3H3. The summed E-state index contributed by atoms with van der Waals surface area (Å²) in [7, 11) is 0. The zero-order valence-corrected chi connectivity index (χ0v) is 22.4. The molecule has 3 heteroatoms. The monoisotopic (exact) mass is 466 g/mol. The van der Waals surface area contributed by atoms with Crippen LogP contribution in [0.3, 0.4) is 0 Å². The first-order chi connectivity index (χ1) is 16.7. The molecule has 0 bridgehead atoms. The maximum absolute atomic E-state index is 5.83. The van der Waals surface area contributed by atoms with Gasteiger partial charge in [0.05, 0.1) is 19.0 Å². The summed E-state index contributed by atoms with van der Waals surface area (Å²) in [5.74, 6) is 2.39. The molecule has 0 unspecified atom stereocenters. The van der Waals surface area contributed by atoms with Crippen molar-refractivity contribution in [3.8, 4) is 17.1 Å². The molecule has 0 spiro atoms. The van der Waals surface area contributed by atoms with E-state index in [4.69, 9.17) is 4.74 Å². The lowest BCUT2D eigenvalue weighted by atomic mass is 10.0. The number of rotatable bonds is 20. The molecule has 0 aliphatic rings. The van der Waals surface area contributed by atoms with Crippen LogP contribution in [0.15, 0.2) is 36.7 Å². The van der Waals surface area contributed by atoms with Crippen molar-refractivity contribution < 1.29 is 4.74 Å². The summed E-state index contributed by atoms with van der Waals surface area (Å²) in [6.07, 6.45) is 24.8. The summed E-state index contributed by atoms with van der Waals surface area (Å²) in [4.78, 5) is 9.04. The quantitative estimate of drug-likeness (QED) is 0.182. The lowest BCUT2D eigenvalue weighted by Gasteiger charge is -2.07. The molecule has 0 saturated heterocycles. The number of unbranched alkanes of at least 4 members (excludes halogenated alkanes) is 12. The minimum absolute atomic E-state index is 0.754. The Bertz CT molecular complexity index is 724. The van der Waals surface area contributed by atoms with E-state index in [-0.39, 0.29) is 0 Å². The molecule has 0 aliphatic heterocycles. The minimum atomic E-state index is 0.754. The molecule has 0 atom stereocenters. The average molecular weight is 467 g/mol. The molecule has 2 aromatic rings. The largest absolute Gasteiger partial charge is 0.490 e. The van der Waals surface area contributed by atoms with Crippen LogP contribution in [0.1, 0.15) is 123 Å². The van der Waals surface area contributed by atoms with Gasteiger partial charge >= 0.3 is 0 Å². The fourth-order valence-corrected chi connectivity index (χ4v) is 4.38. The van der Waals surface area contributed by atoms with E-state index in [2.05, 4.69) is 55.0 Å². The van der Waals surface area contributed by atoms with Gasteiger partial charge in [0.2, 0.25) is 0 Å². The van der Waals surface area contributed by atoms with Gasteiger partial charge in [-0.3, -0.25) is 0 Å². The number of ether oxygens (including phenoxy) is 1. The zero-order chi connectivity index (χ0) is 24.3. The molecule has 1 heterocycles. The number of nitrogens with zero attached hydrogens (tertiary/aromatic N) is 2. The van der Waals surface area contributed by atoms with Gasteiger partial charge in [0, 0.05) is 5.56 Å². The summed E-state index contributed by atoms with van der Waals surface area (Å²) < 4.78 is 5.83. The summed E-state index contributed by atoms with van der Waals surface area (Å²) in [5.41, 5.74) is 2.48. The van der Waals surface area contributed by atoms with Crippen molar-refractivity contribution in [2.24, 2.45) is 5.92 Å². The Balaban J connectivity index is 1.58. The molecule has 34 heavy (non-hydrogen) atoms. The highest BCUT2D eigenvalue weighted by Crippen LogP contribution is 2.19. The molecule has 3 nitrogen and oxygen atoms in total. The van der Waals surface area contributed by atoms with Crippen LogP contribution >= 0.6 is 0 Å². The smallest absolute Gasteiger partial charge is 0.159 e. The predicted octanol–water partition coefficient (Wildman–Crippen LogP) is 9.59. The van der Waals surface area contributed by atoms with E-state index in [1.54, 1.807) is 0 Å². The Hall–Kier alpha value is -1.90. The van der Waals surface area contributed by atoms with Gasteiger partial charge in [0.15, 0.2) is 11.6 Å². The van der Waals surface area contributed by atoms with E-state index >= 15 is 0 Å². The molecule has 0 saturated carbocycles. The minimum Gasteiger partial charge on any atom is -0.490 e. The summed E-state index contributed by atoms with van der Waals surface area (Å²) in [6, 6.07) is 8.76. The number of benzene rings is 1. The maximum atomic E-state index is 5.83. The van der Waals surface area contributed by atoms with E-state index in [0.717, 1.165) is 36.1 Å². The van der Waals surface area contributed by atoms with Crippen LogP contribution in [-0.4, -0.2) is 16.6 Å². The topological polar surface area (TPSA) is 35.0 Å². The third-order valence-corrected chi connectivity index (χ3v) is 6.60. The second-order valence-electron chi connectivity index (χ2n) is 10.3. The van der Waals surface area contributed by atoms with Crippen molar-refractivity contribution in [3.63, 3.8) is 0 Å². The molecule has 190 valence electrons. The van der Waals surface area contributed by atoms with E-state index in [1.807, 2.05) is 12.4 Å². The average Bonchev–Trinajstić information content (AvgIpc) is 2.85. The number of hydrogen-bond donors (Lipinski definition) is 0. The highest BCUT2D eigenvalue weighted by molar-refractivity contribution is 5.55. The molecule has 1 aromatic heterocycles. The summed E-state index contributed by atoms with van der Waals surface area (Å²) in [5, 5.41) is 0. The molecule has 0 aliphatic carbocycles. The lowest BCUT2D eigenvalue weighted by Crippen LogP contribution is -1.99. The SMILES string of the molecule is CCCCCCCCCCOc1cnc(-c2ccc(CCCCCCCCC(C)C)cc2)nc1. The van der Waals surface area contributed by atoms with Crippen LogP contribution in [-0.2, 0) is 6.42 Å². The van der Waals surface area contributed by atoms with E-state index < -0.39 is 0 Å². The molecule has 0 fully saturated rings. The third kappa shape index (κ3) is 13.1. The van der Waals surface area contributed by atoms with Crippen LogP contribution in [0.25, 0.3) is 11.4 Å². The maximum Gasteiger partial charge on any atom is 0.159 e. The summed E-state index contributed by atoms with van der Waals surface area (Å²) >= 11 is 0. The molecular weight excluding hydrogens is 416 g/mol. The van der Waals surface area contributed by atoms with Gasteiger partial charge in [-0.25, -0.2) is 9.97 Å². The highest BCUT2D eigenvalue weighted by Gasteiger charge is 2.03. The van der Waals surface area contributed by atoms with Crippen molar-refractivity contribution in [1.29, 1.82) is 0 Å². The first-order valence-corrected chi connectivity index (χ1v) is 14.2. The lowest BCUT2D eigenvalue weighted by molar-refractivity contribution is 0.302. The second-order valence-corrected chi connectivity index (χ2v) is 10.3. The van der Waals surface area contributed by atoms with Crippen molar-refractivity contribution in [2.75, 3.05) is 6.61 Å². The van der Waals surface area contributed by atoms with E-state index in [1.165, 1.54) is 102 Å². The van der Waals surface area contributed by atoms with Gasteiger partial charge in [-0.15, -0.1) is 0 Å². The molecule has 0 radical (unpaired) electrons. The van der Waals surface area contributed by atoms with Gasteiger partial charge in [0.25, 0.3) is 0 Å². The molecule has 0 N–H and O–H groups in total. The summed E-state index contributed by atoms with van der Waals surface area (Å²) in [6.45, 7) is 7.66. The molecular formula is C31H50N2O. The first-order valence-electron chi connectivity index (χ1n) is 14.2. The van der Waals surface area contributed by atoms with Crippen molar-refractivity contribution >= 4 is 0 Å². The Morgan fingerprint density at radius 1 is 0.676 bits per heavy atom. The Kier molecular flexibility index (Phi) is 15.4. The van der Waals surface area contributed by atoms with Crippen LogP contribution in [0.5, 0.6) is 5.75 Å². The van der Waals surface area contributed by atoms with Crippen molar-refractivity contribution in [3.05, 3.63) is 42.2 Å². The van der Waals surface area contributed by atoms with Gasteiger partial charge < -0.3 is 4.74 Å². The van der Waals surface area contributed by atoms with Crippen LogP contribution < -0.4 is 4.74 Å². The van der Waals surface area contributed by atoms with Gasteiger partial charge in [0.1, 0.15) is 0 Å². The van der Waals surface area contributed by atoms with Crippen LogP contribution in [0, 0.1) is 5.92 Å². The normalized spacial score (nSPS) is 11.3. The predicted molar refractivity (Wildman–Crippen MR) is 146 cm³/mol. The fourth-order valence-electron chi connectivity index (χ4n) is 4.38. The number of hydrogen-bond acceptors (Lipinski definition) is 3. The van der Waals surface area contributed by atoms with Gasteiger partial charge in [-0.05, 0) is 30.7 Å². The highest BCUT2D eigenvalue weighted by atomic mass is 16.5. The second kappa shape index (κ2) is 18.4. The van der Waals surface area contributed by atoms with Crippen LogP contribution in [0.4, 0.5) is 0 Å². The van der Waals surface area contributed by atoms with Crippen molar-refractivity contribution in [2.45, 2.75) is 124 Å². The Morgan fingerprint density at radius 3 is 1.85 bits per heavy atom. The van der Waals surface area contributed by atoms with Gasteiger partial charge in [-0.1, -0.05) is 129 Å². The molecule has 1 aromatic carbocycles. The molecule has 0 amide bonds. The van der Waals surface area contributed by atoms with E-state index in [9.17, 15) is 0 Å². The van der Waals surface area contributed by atoms with Crippen LogP contribution in [0.2, 0.25) is 0 Å². The Labute approximate surface area is 210 Å². The first kappa shape index (κ1) is 28.3. The zero-order valence-electron chi connectivity index (χ0n) is 22.4. The Morgan fingerprint density at radius 2 is 1.24 bits per heavy atom. The van der Waals surface area contributed by atoms with Gasteiger partial charge in [-0.2, -0.15) is 0 Å². The van der Waals surface area contributed by atoms with Crippen molar-refractivity contribution in [1.82, 2.24) is 9.97 Å². The third-order valence-electron chi connectivity index (χ3n) is 6.60. The van der Waals surface area contributed by atoms with E-state index in [0.29, 0.717) is 0 Å².